The minimum atomic E-state index is 0.0422. The van der Waals surface area contributed by atoms with Crippen molar-refractivity contribution in [2.24, 2.45) is 0 Å². The first-order chi connectivity index (χ1) is 7.56. The van der Waals surface area contributed by atoms with Crippen molar-refractivity contribution >= 4 is 21.8 Å². The number of hydrogen-bond donors (Lipinski definition) is 1. The Morgan fingerprint density at radius 2 is 2.25 bits per heavy atom. The van der Waals surface area contributed by atoms with Crippen LogP contribution in [0.2, 0.25) is 0 Å². The summed E-state index contributed by atoms with van der Waals surface area (Å²) in [4.78, 5) is 13.9. The van der Waals surface area contributed by atoms with Crippen LogP contribution in [-0.4, -0.2) is 37.5 Å². The molecule has 0 aliphatic carbocycles. The highest BCUT2D eigenvalue weighted by molar-refractivity contribution is 9.10. The number of nitrogens with zero attached hydrogens (tertiary/aromatic N) is 1. The van der Waals surface area contributed by atoms with Crippen molar-refractivity contribution in [2.45, 2.75) is 12.5 Å². The van der Waals surface area contributed by atoms with E-state index in [0.717, 1.165) is 28.6 Å². The van der Waals surface area contributed by atoms with Crippen molar-refractivity contribution in [1.82, 2.24) is 10.2 Å². The van der Waals surface area contributed by atoms with Gasteiger partial charge in [-0.15, -0.1) is 0 Å². The molecule has 1 N–H and O–H groups in total. The van der Waals surface area contributed by atoms with E-state index in [-0.39, 0.29) is 11.9 Å². The Bertz CT molecular complexity index is 417. The molecule has 1 atom stereocenters. The third-order valence-electron chi connectivity index (χ3n) is 2.70. The lowest BCUT2D eigenvalue weighted by Crippen LogP contribution is -2.46. The maximum atomic E-state index is 11.8. The largest absolute Gasteiger partial charge is 0.348 e. The highest BCUT2D eigenvalue weighted by Crippen LogP contribution is 2.21. The maximum absolute atomic E-state index is 11.8. The minimum absolute atomic E-state index is 0.0422. The first kappa shape index (κ1) is 11.6. The SMILES string of the molecule is CN(C)CC1Cc2cc(Br)ccc2C(=O)N1. The van der Waals surface area contributed by atoms with E-state index in [1.54, 1.807) is 0 Å². The molecule has 1 unspecified atom stereocenters. The summed E-state index contributed by atoms with van der Waals surface area (Å²) in [5, 5.41) is 3.03. The van der Waals surface area contributed by atoms with Crippen LogP contribution in [0.5, 0.6) is 0 Å². The molecule has 0 saturated heterocycles. The van der Waals surface area contributed by atoms with Gasteiger partial charge in [-0.3, -0.25) is 4.79 Å². The quantitative estimate of drug-likeness (QED) is 0.895. The molecule has 1 amide bonds. The van der Waals surface area contributed by atoms with Gasteiger partial charge in [0.15, 0.2) is 0 Å². The van der Waals surface area contributed by atoms with Gasteiger partial charge in [0.05, 0.1) is 0 Å². The first-order valence-electron chi connectivity index (χ1n) is 5.30. The fourth-order valence-corrected chi connectivity index (χ4v) is 2.49. The minimum Gasteiger partial charge on any atom is -0.348 e. The number of amides is 1. The number of carbonyl (C=O) groups excluding carboxylic acids is 1. The van der Waals surface area contributed by atoms with Crippen molar-refractivity contribution in [1.29, 1.82) is 0 Å². The van der Waals surface area contributed by atoms with E-state index in [0.29, 0.717) is 0 Å². The average Bonchev–Trinajstić information content (AvgIpc) is 2.15. The van der Waals surface area contributed by atoms with Crippen molar-refractivity contribution in [2.75, 3.05) is 20.6 Å². The number of likely N-dealkylation sites (N-methyl/N-ethyl adjacent to an activating group) is 1. The number of nitrogens with one attached hydrogen (secondary N) is 1. The van der Waals surface area contributed by atoms with Gasteiger partial charge < -0.3 is 10.2 Å². The summed E-state index contributed by atoms with van der Waals surface area (Å²) in [6.07, 6.45) is 0.901. The zero-order valence-corrected chi connectivity index (χ0v) is 11.0. The van der Waals surface area contributed by atoms with Gasteiger partial charge in [-0.1, -0.05) is 15.9 Å². The van der Waals surface area contributed by atoms with Crippen LogP contribution < -0.4 is 5.32 Å². The second-order valence-corrected chi connectivity index (χ2v) is 5.35. The molecule has 1 aromatic carbocycles. The van der Waals surface area contributed by atoms with E-state index < -0.39 is 0 Å². The topological polar surface area (TPSA) is 32.3 Å². The molecule has 0 aromatic heterocycles. The van der Waals surface area contributed by atoms with Gasteiger partial charge in [0.25, 0.3) is 5.91 Å². The zero-order chi connectivity index (χ0) is 11.7. The molecule has 0 radical (unpaired) electrons. The molecule has 1 aliphatic rings. The van der Waals surface area contributed by atoms with E-state index >= 15 is 0 Å². The smallest absolute Gasteiger partial charge is 0.251 e. The van der Waals surface area contributed by atoms with E-state index in [1.165, 1.54) is 0 Å². The number of rotatable bonds is 2. The van der Waals surface area contributed by atoms with Gasteiger partial charge in [0.1, 0.15) is 0 Å². The second-order valence-electron chi connectivity index (χ2n) is 4.44. The summed E-state index contributed by atoms with van der Waals surface area (Å²) in [7, 11) is 4.03. The van der Waals surface area contributed by atoms with E-state index in [9.17, 15) is 4.79 Å². The number of halogens is 1. The second kappa shape index (κ2) is 4.55. The van der Waals surface area contributed by atoms with Crippen molar-refractivity contribution < 1.29 is 4.79 Å². The summed E-state index contributed by atoms with van der Waals surface area (Å²) < 4.78 is 1.03. The van der Waals surface area contributed by atoms with Crippen LogP contribution in [0.4, 0.5) is 0 Å². The number of carbonyl (C=O) groups is 1. The maximum Gasteiger partial charge on any atom is 0.251 e. The van der Waals surface area contributed by atoms with Crippen LogP contribution in [0.25, 0.3) is 0 Å². The molecule has 2 rings (SSSR count). The molecule has 1 heterocycles. The third-order valence-corrected chi connectivity index (χ3v) is 3.19. The summed E-state index contributed by atoms with van der Waals surface area (Å²) >= 11 is 3.44. The van der Waals surface area contributed by atoms with E-state index in [2.05, 4.69) is 26.1 Å². The van der Waals surface area contributed by atoms with Gasteiger partial charge in [-0.2, -0.15) is 0 Å². The molecule has 0 fully saturated rings. The summed E-state index contributed by atoms with van der Waals surface area (Å²) in [5.41, 5.74) is 1.93. The van der Waals surface area contributed by atoms with Crippen molar-refractivity contribution in [3.05, 3.63) is 33.8 Å². The van der Waals surface area contributed by atoms with Crippen LogP contribution in [0.3, 0.4) is 0 Å². The monoisotopic (exact) mass is 282 g/mol. The fourth-order valence-electron chi connectivity index (χ4n) is 2.08. The van der Waals surface area contributed by atoms with Gasteiger partial charge in [-0.05, 0) is 44.3 Å². The number of benzene rings is 1. The molecule has 3 nitrogen and oxygen atoms in total. The van der Waals surface area contributed by atoms with Gasteiger partial charge >= 0.3 is 0 Å². The molecular formula is C12H15BrN2O. The Balaban J connectivity index is 2.24. The molecule has 0 saturated carbocycles. The lowest BCUT2D eigenvalue weighted by molar-refractivity contribution is 0.0917. The molecule has 0 spiro atoms. The Kier molecular flexibility index (Phi) is 3.30. The summed E-state index contributed by atoms with van der Waals surface area (Å²) in [5.74, 6) is 0.0422. The molecule has 1 aromatic rings. The summed E-state index contributed by atoms with van der Waals surface area (Å²) in [6.45, 7) is 0.873. The Morgan fingerprint density at radius 1 is 1.50 bits per heavy atom. The van der Waals surface area contributed by atoms with E-state index in [1.807, 2.05) is 32.3 Å². The molecule has 86 valence electrons. The lowest BCUT2D eigenvalue weighted by Gasteiger charge is -2.27. The molecule has 4 heteroatoms. The Morgan fingerprint density at radius 3 is 2.94 bits per heavy atom. The van der Waals surface area contributed by atoms with Crippen LogP contribution in [0.15, 0.2) is 22.7 Å². The Hall–Kier alpha value is -0.870. The van der Waals surface area contributed by atoms with E-state index in [4.69, 9.17) is 0 Å². The van der Waals surface area contributed by atoms with Crippen LogP contribution in [0, 0.1) is 0 Å². The van der Waals surface area contributed by atoms with Crippen molar-refractivity contribution in [3.63, 3.8) is 0 Å². The van der Waals surface area contributed by atoms with Crippen LogP contribution in [-0.2, 0) is 6.42 Å². The highest BCUT2D eigenvalue weighted by Gasteiger charge is 2.24. The molecule has 0 bridgehead atoms. The predicted octanol–water partition coefficient (Wildman–Crippen LogP) is 1.67. The van der Waals surface area contributed by atoms with Crippen LogP contribution >= 0.6 is 15.9 Å². The fraction of sp³-hybridized carbons (Fsp3) is 0.417. The average molecular weight is 283 g/mol. The normalized spacial score (nSPS) is 19.5. The number of fused-ring (bicyclic) bond motifs is 1. The standard InChI is InChI=1S/C12H15BrN2O/c1-15(2)7-10-6-8-5-9(13)3-4-11(8)12(16)14-10/h3-5,10H,6-7H2,1-2H3,(H,14,16). The molecule has 16 heavy (non-hydrogen) atoms. The summed E-state index contributed by atoms with van der Waals surface area (Å²) in [6, 6.07) is 6.03. The predicted molar refractivity (Wildman–Crippen MR) is 67.7 cm³/mol. The number of hydrogen-bond acceptors (Lipinski definition) is 2. The van der Waals surface area contributed by atoms with Crippen molar-refractivity contribution in [3.8, 4) is 0 Å². The third kappa shape index (κ3) is 2.44. The molecule has 1 aliphatic heterocycles. The van der Waals surface area contributed by atoms with Gasteiger partial charge in [0.2, 0.25) is 0 Å². The van der Waals surface area contributed by atoms with Gasteiger partial charge in [0, 0.05) is 22.6 Å². The molecular weight excluding hydrogens is 268 g/mol. The Labute approximate surface area is 104 Å². The zero-order valence-electron chi connectivity index (χ0n) is 9.46. The lowest BCUT2D eigenvalue weighted by atomic mass is 9.95. The first-order valence-corrected chi connectivity index (χ1v) is 6.09. The van der Waals surface area contributed by atoms with Gasteiger partial charge in [-0.25, -0.2) is 0 Å². The highest BCUT2D eigenvalue weighted by atomic mass is 79.9. The van der Waals surface area contributed by atoms with Crippen LogP contribution in [0.1, 0.15) is 15.9 Å².